The molecule has 0 unspecified atom stereocenters. The Labute approximate surface area is 207 Å². The predicted molar refractivity (Wildman–Crippen MR) is 139 cm³/mol. The van der Waals surface area contributed by atoms with Crippen molar-refractivity contribution in [3.05, 3.63) is 88.7 Å². The molecule has 0 spiro atoms. The van der Waals surface area contributed by atoms with Crippen molar-refractivity contribution in [2.75, 3.05) is 19.0 Å². The lowest BCUT2D eigenvalue weighted by Gasteiger charge is -2.12. The van der Waals surface area contributed by atoms with Crippen molar-refractivity contribution in [1.82, 2.24) is 19.2 Å². The van der Waals surface area contributed by atoms with E-state index in [2.05, 4.69) is 17.1 Å². The van der Waals surface area contributed by atoms with Gasteiger partial charge in [0.1, 0.15) is 11.5 Å². The van der Waals surface area contributed by atoms with E-state index >= 15 is 0 Å². The topological polar surface area (TPSA) is 70.7 Å². The Kier molecular flexibility index (Phi) is 6.72. The molecule has 0 N–H and O–H groups in total. The van der Waals surface area contributed by atoms with Crippen molar-refractivity contribution in [3.8, 4) is 17.2 Å². The summed E-state index contributed by atoms with van der Waals surface area (Å²) in [6.07, 6.45) is 0.937. The first-order valence-corrected chi connectivity index (χ1v) is 12.6. The molecule has 0 aliphatic heterocycles. The number of hydrogen-bond acceptors (Lipinski definition) is 6. The van der Waals surface area contributed by atoms with Crippen molar-refractivity contribution in [1.29, 1.82) is 0 Å². The zero-order valence-electron chi connectivity index (χ0n) is 19.7. The lowest BCUT2D eigenvalue weighted by Crippen LogP contribution is -2.21. The molecule has 8 heteroatoms. The maximum Gasteiger partial charge on any atom is 0.267 e. The Balaban J connectivity index is 1.43. The summed E-state index contributed by atoms with van der Waals surface area (Å²) >= 11 is 1.54. The van der Waals surface area contributed by atoms with Gasteiger partial charge >= 0.3 is 0 Å². The highest BCUT2D eigenvalue weighted by Crippen LogP contribution is 2.24. The van der Waals surface area contributed by atoms with Gasteiger partial charge in [0, 0.05) is 5.75 Å². The number of aromatic nitrogens is 4. The average Bonchev–Trinajstić information content (AvgIpc) is 3.32. The first-order valence-electron chi connectivity index (χ1n) is 11.7. The summed E-state index contributed by atoms with van der Waals surface area (Å²) in [6.45, 7) is 5.21. The van der Waals surface area contributed by atoms with Crippen molar-refractivity contribution < 1.29 is 9.47 Å². The first-order chi connectivity index (χ1) is 17.2. The minimum atomic E-state index is -0.111. The molecule has 5 rings (SSSR count). The molecular formula is C27H26N4O3S. The van der Waals surface area contributed by atoms with Crippen molar-refractivity contribution >= 4 is 28.4 Å². The Bertz CT molecular complexity index is 1510. The van der Waals surface area contributed by atoms with Crippen molar-refractivity contribution in [2.45, 2.75) is 25.4 Å². The highest BCUT2D eigenvalue weighted by molar-refractivity contribution is 7.99. The number of benzene rings is 3. The molecule has 178 valence electrons. The molecule has 35 heavy (non-hydrogen) atoms. The summed E-state index contributed by atoms with van der Waals surface area (Å²) in [5.74, 6) is 2.78. The van der Waals surface area contributed by atoms with Crippen molar-refractivity contribution in [2.24, 2.45) is 0 Å². The molecule has 7 nitrogen and oxygen atoms in total. The predicted octanol–water partition coefficient (Wildman–Crippen LogP) is 5.17. The molecule has 0 fully saturated rings. The number of aryl methyl sites for hydroxylation is 1. The van der Waals surface area contributed by atoms with E-state index in [4.69, 9.17) is 9.47 Å². The van der Waals surface area contributed by atoms with E-state index in [-0.39, 0.29) is 5.56 Å². The summed E-state index contributed by atoms with van der Waals surface area (Å²) in [7, 11) is 0. The zero-order chi connectivity index (χ0) is 24.2. The second-order valence-electron chi connectivity index (χ2n) is 7.90. The Morgan fingerprint density at radius 3 is 2.29 bits per heavy atom. The standard InChI is InChI=1S/C27H26N4O3S/c1-3-19-9-11-20(12-10-19)30-25(32)23-7-5-6-8-24(23)31-26(30)28-29-27(31)35-18-17-34-22-15-13-21(14-16-22)33-4-2/h5-16H,3-4,17-18H2,1-2H3. The third-order valence-corrected chi connectivity index (χ3v) is 6.61. The molecule has 0 bridgehead atoms. The van der Waals surface area contributed by atoms with Gasteiger partial charge in [-0.1, -0.05) is 43.0 Å². The largest absolute Gasteiger partial charge is 0.494 e. The van der Waals surface area contributed by atoms with Gasteiger partial charge in [-0.3, -0.25) is 9.20 Å². The van der Waals surface area contributed by atoms with E-state index in [1.165, 1.54) is 5.56 Å². The van der Waals surface area contributed by atoms with E-state index in [1.54, 1.807) is 16.3 Å². The Morgan fingerprint density at radius 2 is 1.57 bits per heavy atom. The fraction of sp³-hybridized carbons (Fsp3) is 0.222. The van der Waals surface area contributed by atoms with Gasteiger partial charge in [0.2, 0.25) is 5.78 Å². The van der Waals surface area contributed by atoms with E-state index in [9.17, 15) is 4.79 Å². The summed E-state index contributed by atoms with van der Waals surface area (Å²) in [5.41, 5.74) is 2.66. The van der Waals surface area contributed by atoms with Crippen LogP contribution in [0.3, 0.4) is 0 Å². The molecule has 0 saturated heterocycles. The van der Waals surface area contributed by atoms with Crippen molar-refractivity contribution in [3.63, 3.8) is 0 Å². The van der Waals surface area contributed by atoms with E-state index in [0.29, 0.717) is 35.3 Å². The van der Waals surface area contributed by atoms with Gasteiger partial charge in [-0.05, 0) is 67.4 Å². The number of rotatable bonds is 9. The Morgan fingerprint density at radius 1 is 0.857 bits per heavy atom. The first kappa shape index (κ1) is 23.0. The average molecular weight is 487 g/mol. The van der Waals surface area contributed by atoms with Gasteiger partial charge in [-0.15, -0.1) is 10.2 Å². The van der Waals surface area contributed by atoms with Gasteiger partial charge in [-0.2, -0.15) is 0 Å². The number of fused-ring (bicyclic) bond motifs is 3. The van der Waals surface area contributed by atoms with Crippen LogP contribution < -0.4 is 15.0 Å². The molecule has 0 saturated carbocycles. The third-order valence-electron chi connectivity index (χ3n) is 5.72. The molecule has 2 heterocycles. The molecule has 0 aliphatic carbocycles. The van der Waals surface area contributed by atoms with Gasteiger partial charge in [0.15, 0.2) is 5.16 Å². The third kappa shape index (κ3) is 4.61. The maximum absolute atomic E-state index is 13.4. The lowest BCUT2D eigenvalue weighted by atomic mass is 10.1. The summed E-state index contributed by atoms with van der Waals surface area (Å²) in [6, 6.07) is 23.2. The second kappa shape index (κ2) is 10.2. The fourth-order valence-electron chi connectivity index (χ4n) is 3.98. The molecule has 0 amide bonds. The highest BCUT2D eigenvalue weighted by Gasteiger charge is 2.17. The van der Waals surface area contributed by atoms with Gasteiger partial charge < -0.3 is 9.47 Å². The molecule has 0 aliphatic rings. The number of nitrogens with zero attached hydrogens (tertiary/aromatic N) is 4. The summed E-state index contributed by atoms with van der Waals surface area (Å²) < 4.78 is 14.9. The van der Waals surface area contributed by atoms with Gasteiger partial charge in [0.05, 0.1) is 29.8 Å². The highest BCUT2D eigenvalue weighted by atomic mass is 32.2. The lowest BCUT2D eigenvalue weighted by molar-refractivity contribution is 0.332. The van der Waals surface area contributed by atoms with Crippen LogP contribution >= 0.6 is 11.8 Å². The molecule has 0 radical (unpaired) electrons. The smallest absolute Gasteiger partial charge is 0.267 e. The van der Waals surface area contributed by atoms with Crippen LogP contribution in [0.5, 0.6) is 11.5 Å². The molecule has 5 aromatic rings. The van der Waals surface area contributed by atoms with Crippen LogP contribution in [0, 0.1) is 0 Å². The van der Waals surface area contributed by atoms with Gasteiger partial charge in [-0.25, -0.2) is 4.57 Å². The van der Waals surface area contributed by atoms with Crippen LogP contribution in [0.4, 0.5) is 0 Å². The molecular weight excluding hydrogens is 460 g/mol. The van der Waals surface area contributed by atoms with Crippen LogP contribution in [0.2, 0.25) is 0 Å². The fourth-order valence-corrected chi connectivity index (χ4v) is 4.73. The van der Waals surface area contributed by atoms with Crippen LogP contribution in [0.15, 0.2) is 82.7 Å². The summed E-state index contributed by atoms with van der Waals surface area (Å²) in [5, 5.41) is 10.2. The van der Waals surface area contributed by atoms with E-state index in [1.807, 2.05) is 84.1 Å². The monoisotopic (exact) mass is 486 g/mol. The second-order valence-corrected chi connectivity index (χ2v) is 8.96. The number of ether oxygens (including phenoxy) is 2. The number of para-hydroxylation sites is 1. The minimum Gasteiger partial charge on any atom is -0.494 e. The Hall–Kier alpha value is -3.78. The normalized spacial score (nSPS) is 11.3. The van der Waals surface area contributed by atoms with Gasteiger partial charge in [0.25, 0.3) is 5.56 Å². The molecule has 0 atom stereocenters. The van der Waals surface area contributed by atoms with Crippen LogP contribution in [0.25, 0.3) is 22.4 Å². The quantitative estimate of drug-likeness (QED) is 0.212. The van der Waals surface area contributed by atoms with Crippen LogP contribution in [0.1, 0.15) is 19.4 Å². The minimum absolute atomic E-state index is 0.111. The SMILES string of the molecule is CCOc1ccc(OCCSc2nnc3n(-c4ccc(CC)cc4)c(=O)c4ccccc4n23)cc1. The van der Waals surface area contributed by atoms with E-state index < -0.39 is 0 Å². The zero-order valence-corrected chi connectivity index (χ0v) is 20.5. The number of thioether (sulfide) groups is 1. The maximum atomic E-state index is 13.4. The van der Waals surface area contributed by atoms with E-state index in [0.717, 1.165) is 29.1 Å². The molecule has 2 aromatic heterocycles. The van der Waals surface area contributed by atoms with Crippen LogP contribution in [-0.2, 0) is 6.42 Å². The number of hydrogen-bond donors (Lipinski definition) is 0. The summed E-state index contributed by atoms with van der Waals surface area (Å²) in [4.78, 5) is 13.4. The molecule has 3 aromatic carbocycles. The van der Waals surface area contributed by atoms with Crippen LogP contribution in [-0.4, -0.2) is 38.1 Å².